The van der Waals surface area contributed by atoms with Gasteiger partial charge in [0.25, 0.3) is 5.95 Å². The van der Waals surface area contributed by atoms with Gasteiger partial charge < -0.3 is 15.1 Å². The molecule has 1 aliphatic rings. The summed E-state index contributed by atoms with van der Waals surface area (Å²) in [5.74, 6) is 0.598. The van der Waals surface area contributed by atoms with Crippen LogP contribution >= 0.6 is 0 Å². The maximum absolute atomic E-state index is 12.5. The molecule has 0 spiro atoms. The first-order chi connectivity index (χ1) is 14.4. The molecule has 0 unspecified atom stereocenters. The highest BCUT2D eigenvalue weighted by Crippen LogP contribution is 2.17. The van der Waals surface area contributed by atoms with E-state index in [9.17, 15) is 4.79 Å². The lowest BCUT2D eigenvalue weighted by atomic mass is 10.1. The predicted molar refractivity (Wildman–Crippen MR) is 118 cm³/mol. The zero-order chi connectivity index (χ0) is 21.7. The smallest absolute Gasteiger partial charge is 0.251 e. The first-order valence-corrected chi connectivity index (χ1v) is 11.0. The minimum absolute atomic E-state index is 0.0397. The highest BCUT2D eigenvalue weighted by Gasteiger charge is 2.18. The van der Waals surface area contributed by atoms with Gasteiger partial charge in [0.2, 0.25) is 5.91 Å². The molecule has 8 nitrogen and oxygen atoms in total. The van der Waals surface area contributed by atoms with E-state index in [1.807, 2.05) is 33.8 Å². The van der Waals surface area contributed by atoms with E-state index in [2.05, 4.69) is 37.1 Å². The van der Waals surface area contributed by atoms with Crippen LogP contribution in [-0.4, -0.2) is 81.3 Å². The minimum Gasteiger partial charge on any atom is -0.356 e. The number of aromatic nitrogens is 4. The van der Waals surface area contributed by atoms with Crippen molar-refractivity contribution in [2.45, 2.75) is 47.5 Å². The van der Waals surface area contributed by atoms with E-state index in [0.717, 1.165) is 74.0 Å². The Morgan fingerprint density at radius 2 is 1.67 bits per heavy atom. The first kappa shape index (κ1) is 22.4. The number of amides is 1. The number of aryl methyl sites for hydroxylation is 3. The molecule has 3 heterocycles. The summed E-state index contributed by atoms with van der Waals surface area (Å²) in [6.07, 6.45) is 1.31. The number of hydrogen-bond acceptors (Lipinski definition) is 6. The van der Waals surface area contributed by atoms with E-state index in [-0.39, 0.29) is 5.91 Å². The third kappa shape index (κ3) is 5.64. The zero-order valence-electron chi connectivity index (χ0n) is 19.0. The van der Waals surface area contributed by atoms with Crippen molar-refractivity contribution in [3.8, 4) is 5.95 Å². The summed E-state index contributed by atoms with van der Waals surface area (Å²) >= 11 is 0. The summed E-state index contributed by atoms with van der Waals surface area (Å²) in [5, 5.41) is 7.66. The molecule has 0 saturated carbocycles. The Hall–Kier alpha value is -2.32. The van der Waals surface area contributed by atoms with Gasteiger partial charge in [-0.3, -0.25) is 4.79 Å². The van der Waals surface area contributed by atoms with Gasteiger partial charge in [0.05, 0.1) is 12.1 Å². The molecule has 3 rings (SSSR count). The number of rotatable bonds is 8. The SMILES string of the molecule is CCN1CCN(CCCNC(=O)Cc2c(C)nn(-c3nc(C)cc(C)n3)c2C)CC1. The van der Waals surface area contributed by atoms with Crippen molar-refractivity contribution < 1.29 is 4.79 Å². The second-order valence-corrected chi connectivity index (χ2v) is 8.17. The van der Waals surface area contributed by atoms with Crippen molar-refractivity contribution in [3.63, 3.8) is 0 Å². The van der Waals surface area contributed by atoms with Crippen LogP contribution in [0.15, 0.2) is 6.07 Å². The van der Waals surface area contributed by atoms with Crippen LogP contribution in [0.1, 0.15) is 41.7 Å². The van der Waals surface area contributed by atoms with Gasteiger partial charge in [-0.05, 0) is 53.3 Å². The van der Waals surface area contributed by atoms with Gasteiger partial charge in [-0.1, -0.05) is 6.92 Å². The molecule has 0 radical (unpaired) electrons. The van der Waals surface area contributed by atoms with Crippen LogP contribution in [0.5, 0.6) is 0 Å². The van der Waals surface area contributed by atoms with E-state index in [1.165, 1.54) is 0 Å². The molecule has 2 aromatic heterocycles. The van der Waals surface area contributed by atoms with Gasteiger partial charge in [-0.2, -0.15) is 5.10 Å². The summed E-state index contributed by atoms with van der Waals surface area (Å²) in [6, 6.07) is 1.94. The Morgan fingerprint density at radius 1 is 1.03 bits per heavy atom. The second-order valence-electron chi connectivity index (χ2n) is 8.17. The van der Waals surface area contributed by atoms with Crippen molar-refractivity contribution in [1.82, 2.24) is 34.9 Å². The Bertz CT molecular complexity index is 848. The van der Waals surface area contributed by atoms with E-state index >= 15 is 0 Å². The predicted octanol–water partition coefficient (Wildman–Crippen LogP) is 1.58. The van der Waals surface area contributed by atoms with Gasteiger partial charge >= 0.3 is 0 Å². The molecule has 30 heavy (non-hydrogen) atoms. The fourth-order valence-corrected chi connectivity index (χ4v) is 4.01. The monoisotopic (exact) mass is 413 g/mol. The second kappa shape index (κ2) is 10.1. The zero-order valence-corrected chi connectivity index (χ0v) is 19.0. The average Bonchev–Trinajstić information content (AvgIpc) is 2.99. The molecular weight excluding hydrogens is 378 g/mol. The number of carbonyl (C=O) groups excluding carboxylic acids is 1. The molecule has 8 heteroatoms. The van der Waals surface area contributed by atoms with Gasteiger partial charge in [0.1, 0.15) is 0 Å². The summed E-state index contributed by atoms with van der Waals surface area (Å²) in [4.78, 5) is 26.5. The highest BCUT2D eigenvalue weighted by molar-refractivity contribution is 5.79. The van der Waals surface area contributed by atoms with Crippen molar-refractivity contribution in [1.29, 1.82) is 0 Å². The van der Waals surface area contributed by atoms with Crippen LogP contribution < -0.4 is 5.32 Å². The lowest BCUT2D eigenvalue weighted by Crippen LogP contribution is -2.46. The standard InChI is InChI=1S/C22H35N7O/c1-6-27-10-12-28(13-11-27)9-7-8-23-21(30)15-20-18(4)26-29(19(20)5)22-24-16(2)14-17(3)25-22/h14H,6-13,15H2,1-5H3,(H,23,30). The number of piperazine rings is 1. The van der Waals surface area contributed by atoms with Gasteiger partial charge in [0, 0.05) is 55.4 Å². The third-order valence-electron chi connectivity index (χ3n) is 5.82. The molecule has 164 valence electrons. The van der Waals surface area contributed by atoms with Gasteiger partial charge in [0.15, 0.2) is 0 Å². The number of nitrogens with one attached hydrogen (secondary N) is 1. The number of hydrogen-bond donors (Lipinski definition) is 1. The van der Waals surface area contributed by atoms with Crippen LogP contribution in [0, 0.1) is 27.7 Å². The molecule has 0 aromatic carbocycles. The van der Waals surface area contributed by atoms with Crippen molar-refractivity contribution in [3.05, 3.63) is 34.4 Å². The molecule has 0 atom stereocenters. The molecule has 1 fully saturated rings. The Labute approximate surface area is 179 Å². The Morgan fingerprint density at radius 3 is 2.30 bits per heavy atom. The topological polar surface area (TPSA) is 79.2 Å². The lowest BCUT2D eigenvalue weighted by Gasteiger charge is -2.33. The Kier molecular flexibility index (Phi) is 7.55. The van der Waals surface area contributed by atoms with E-state index in [0.29, 0.717) is 18.9 Å². The van der Waals surface area contributed by atoms with Crippen LogP contribution in [0.3, 0.4) is 0 Å². The minimum atomic E-state index is 0.0397. The largest absolute Gasteiger partial charge is 0.356 e. The summed E-state index contributed by atoms with van der Waals surface area (Å²) in [7, 11) is 0. The average molecular weight is 414 g/mol. The lowest BCUT2D eigenvalue weighted by molar-refractivity contribution is -0.120. The van der Waals surface area contributed by atoms with Crippen LogP contribution in [0.25, 0.3) is 5.95 Å². The van der Waals surface area contributed by atoms with Crippen LogP contribution in [0.4, 0.5) is 0 Å². The summed E-state index contributed by atoms with van der Waals surface area (Å²) in [6.45, 7) is 17.4. The first-order valence-electron chi connectivity index (χ1n) is 11.0. The summed E-state index contributed by atoms with van der Waals surface area (Å²) < 4.78 is 1.74. The fraction of sp³-hybridized carbons (Fsp3) is 0.636. The fourth-order valence-electron chi connectivity index (χ4n) is 4.01. The molecule has 0 bridgehead atoms. The van der Waals surface area contributed by atoms with Gasteiger partial charge in [-0.15, -0.1) is 0 Å². The Balaban J connectivity index is 1.50. The van der Waals surface area contributed by atoms with Crippen LogP contribution in [-0.2, 0) is 11.2 Å². The molecule has 2 aromatic rings. The molecule has 1 saturated heterocycles. The molecule has 0 aliphatic carbocycles. The molecular formula is C22H35N7O. The quantitative estimate of drug-likeness (QED) is 0.662. The van der Waals surface area contributed by atoms with Gasteiger partial charge in [-0.25, -0.2) is 14.6 Å². The van der Waals surface area contributed by atoms with E-state index in [4.69, 9.17) is 0 Å². The third-order valence-corrected chi connectivity index (χ3v) is 5.82. The maximum atomic E-state index is 12.5. The molecule has 1 N–H and O–H groups in total. The van der Waals surface area contributed by atoms with E-state index < -0.39 is 0 Å². The van der Waals surface area contributed by atoms with Crippen molar-refractivity contribution in [2.75, 3.05) is 45.8 Å². The number of carbonyl (C=O) groups is 1. The van der Waals surface area contributed by atoms with Crippen molar-refractivity contribution >= 4 is 5.91 Å². The van der Waals surface area contributed by atoms with Crippen molar-refractivity contribution in [2.24, 2.45) is 0 Å². The number of nitrogens with zero attached hydrogens (tertiary/aromatic N) is 6. The van der Waals surface area contributed by atoms with Crippen LogP contribution in [0.2, 0.25) is 0 Å². The maximum Gasteiger partial charge on any atom is 0.251 e. The molecule has 1 aliphatic heterocycles. The highest BCUT2D eigenvalue weighted by atomic mass is 16.1. The summed E-state index contributed by atoms with van der Waals surface area (Å²) in [5.41, 5.74) is 4.52. The molecule has 1 amide bonds. The number of likely N-dealkylation sites (N-methyl/N-ethyl adjacent to an activating group) is 1. The van der Waals surface area contributed by atoms with E-state index in [1.54, 1.807) is 4.68 Å². The normalized spacial score (nSPS) is 15.5.